The highest BCUT2D eigenvalue weighted by atomic mass is 32.1. The van der Waals surface area contributed by atoms with Crippen LogP contribution >= 0.6 is 11.3 Å². The van der Waals surface area contributed by atoms with Gasteiger partial charge in [0.2, 0.25) is 0 Å². The minimum atomic E-state index is 0.807. The predicted molar refractivity (Wildman–Crippen MR) is 161 cm³/mol. The summed E-state index contributed by atoms with van der Waals surface area (Å²) in [5, 5.41) is 3.60. The first-order valence-corrected chi connectivity index (χ1v) is 13.7. The molecule has 4 aromatic carbocycles. The lowest BCUT2D eigenvalue weighted by Crippen LogP contribution is -1.99. The van der Waals surface area contributed by atoms with Crippen LogP contribution in [0.15, 0.2) is 115 Å². The molecule has 0 saturated heterocycles. The van der Waals surface area contributed by atoms with Crippen molar-refractivity contribution in [3.63, 3.8) is 0 Å². The molecule has 0 unspecified atom stereocenters. The molecule has 6 heteroatoms. The van der Waals surface area contributed by atoms with E-state index in [-0.39, 0.29) is 0 Å². The third kappa shape index (κ3) is 2.81. The van der Waals surface area contributed by atoms with Crippen molar-refractivity contribution in [3.8, 4) is 11.4 Å². The second kappa shape index (κ2) is 7.72. The minimum absolute atomic E-state index is 0.807. The van der Waals surface area contributed by atoms with Crippen molar-refractivity contribution < 1.29 is 0 Å². The zero-order chi connectivity index (χ0) is 25.5. The van der Waals surface area contributed by atoms with Crippen molar-refractivity contribution in [2.24, 2.45) is 0 Å². The Balaban J connectivity index is 1.48. The van der Waals surface area contributed by atoms with E-state index in [1.807, 2.05) is 29.7 Å². The van der Waals surface area contributed by atoms with Crippen LogP contribution in [-0.4, -0.2) is 24.1 Å². The van der Waals surface area contributed by atoms with Crippen LogP contribution in [0.25, 0.3) is 75.8 Å². The van der Waals surface area contributed by atoms with Crippen LogP contribution in [0.2, 0.25) is 0 Å². The van der Waals surface area contributed by atoms with Crippen LogP contribution < -0.4 is 0 Å². The molecule has 0 atom stereocenters. The van der Waals surface area contributed by atoms with Crippen molar-refractivity contribution in [2.75, 3.05) is 0 Å². The zero-order valence-corrected chi connectivity index (χ0v) is 21.4. The van der Waals surface area contributed by atoms with Crippen LogP contribution in [-0.2, 0) is 0 Å². The Morgan fingerprint density at radius 1 is 0.513 bits per heavy atom. The van der Waals surface area contributed by atoms with E-state index in [0.717, 1.165) is 55.6 Å². The number of hydrogen-bond donors (Lipinski definition) is 0. The first-order chi connectivity index (χ1) is 19.4. The Morgan fingerprint density at radius 2 is 1.26 bits per heavy atom. The van der Waals surface area contributed by atoms with Gasteiger partial charge in [-0.25, -0.2) is 9.97 Å². The van der Waals surface area contributed by atoms with Crippen molar-refractivity contribution in [1.29, 1.82) is 0 Å². The van der Waals surface area contributed by atoms with Gasteiger partial charge in [-0.2, -0.15) is 0 Å². The molecule has 0 aliphatic rings. The van der Waals surface area contributed by atoms with Gasteiger partial charge >= 0.3 is 0 Å². The smallest absolute Gasteiger partial charge is 0.168 e. The van der Waals surface area contributed by atoms with E-state index in [0.29, 0.717) is 0 Å². The van der Waals surface area contributed by atoms with Crippen molar-refractivity contribution in [2.45, 2.75) is 0 Å². The van der Waals surface area contributed by atoms with Gasteiger partial charge in [-0.05, 0) is 42.5 Å². The Kier molecular flexibility index (Phi) is 4.14. The monoisotopic (exact) mass is 517 g/mol. The molecule has 0 fully saturated rings. The van der Waals surface area contributed by atoms with Gasteiger partial charge in [0.1, 0.15) is 16.6 Å². The SMILES string of the molecule is c1ccc(-n2c3ccccc3c3nc4c5ncccc5n(-c5cccc6c5sc5ccccc56)c4nc32)cc1. The fourth-order valence-corrected chi connectivity index (χ4v) is 7.12. The molecule has 0 radical (unpaired) electrons. The molecule has 0 amide bonds. The van der Waals surface area contributed by atoms with Crippen LogP contribution in [0.1, 0.15) is 0 Å². The molecule has 0 N–H and O–H groups in total. The Morgan fingerprint density at radius 3 is 2.18 bits per heavy atom. The average molecular weight is 518 g/mol. The van der Waals surface area contributed by atoms with Crippen LogP contribution in [0.4, 0.5) is 0 Å². The van der Waals surface area contributed by atoms with E-state index >= 15 is 0 Å². The van der Waals surface area contributed by atoms with Crippen molar-refractivity contribution >= 4 is 75.8 Å². The third-order valence-electron chi connectivity index (χ3n) is 7.57. The highest BCUT2D eigenvalue weighted by molar-refractivity contribution is 7.26. The summed E-state index contributed by atoms with van der Waals surface area (Å²) in [7, 11) is 0. The van der Waals surface area contributed by atoms with E-state index in [2.05, 4.69) is 106 Å². The second-order valence-corrected chi connectivity index (χ2v) is 10.8. The second-order valence-electron chi connectivity index (χ2n) is 9.71. The number of fused-ring (bicyclic) bond motifs is 9. The molecular weight excluding hydrogens is 498 g/mol. The number of para-hydroxylation sites is 2. The maximum atomic E-state index is 5.39. The topological polar surface area (TPSA) is 48.5 Å². The number of hydrogen-bond acceptors (Lipinski definition) is 4. The molecule has 9 aromatic rings. The lowest BCUT2D eigenvalue weighted by Gasteiger charge is -2.09. The molecule has 9 rings (SSSR count). The molecule has 0 aliphatic heterocycles. The zero-order valence-electron chi connectivity index (χ0n) is 20.6. The lowest BCUT2D eigenvalue weighted by atomic mass is 10.1. The van der Waals surface area contributed by atoms with Gasteiger partial charge in [-0.15, -0.1) is 11.3 Å². The average Bonchev–Trinajstić information content (AvgIpc) is 3.64. The first-order valence-electron chi connectivity index (χ1n) is 12.9. The summed E-state index contributed by atoms with van der Waals surface area (Å²) in [5.41, 5.74) is 8.43. The van der Waals surface area contributed by atoms with E-state index in [9.17, 15) is 0 Å². The summed E-state index contributed by atoms with van der Waals surface area (Å²) >= 11 is 1.82. The number of benzene rings is 4. The largest absolute Gasteiger partial charge is 0.292 e. The minimum Gasteiger partial charge on any atom is -0.292 e. The fraction of sp³-hybridized carbons (Fsp3) is 0. The molecular formula is C33H19N5S. The summed E-state index contributed by atoms with van der Waals surface area (Å²) in [4.78, 5) is 15.5. The molecule has 182 valence electrons. The van der Waals surface area contributed by atoms with E-state index in [1.54, 1.807) is 0 Å². The summed E-state index contributed by atoms with van der Waals surface area (Å²) in [5.74, 6) is 0. The van der Waals surface area contributed by atoms with E-state index < -0.39 is 0 Å². The Bertz CT molecular complexity index is 2400. The maximum absolute atomic E-state index is 5.39. The first kappa shape index (κ1) is 20.9. The molecule has 5 nitrogen and oxygen atoms in total. The highest BCUT2D eigenvalue weighted by Gasteiger charge is 2.22. The van der Waals surface area contributed by atoms with E-state index in [1.165, 1.54) is 20.2 Å². The van der Waals surface area contributed by atoms with Gasteiger partial charge in [0.05, 0.1) is 21.4 Å². The van der Waals surface area contributed by atoms with Crippen LogP contribution in [0.3, 0.4) is 0 Å². The van der Waals surface area contributed by atoms with Gasteiger partial charge in [0.25, 0.3) is 0 Å². The van der Waals surface area contributed by atoms with E-state index in [4.69, 9.17) is 15.0 Å². The Labute approximate surface area is 226 Å². The lowest BCUT2D eigenvalue weighted by molar-refractivity contribution is 1.11. The predicted octanol–water partition coefficient (Wildman–Crippen LogP) is 8.43. The molecule has 0 spiro atoms. The summed E-state index contributed by atoms with van der Waals surface area (Å²) in [6, 6.07) is 38.0. The molecule has 0 bridgehead atoms. The normalized spacial score (nSPS) is 12.1. The van der Waals surface area contributed by atoms with Gasteiger partial charge < -0.3 is 0 Å². The van der Waals surface area contributed by atoms with Gasteiger partial charge in [-0.1, -0.05) is 66.7 Å². The number of nitrogens with zero attached hydrogens (tertiary/aromatic N) is 5. The van der Waals surface area contributed by atoms with Gasteiger partial charge in [-0.3, -0.25) is 14.1 Å². The molecule has 5 aromatic heterocycles. The highest BCUT2D eigenvalue weighted by Crippen LogP contribution is 2.40. The Hall–Kier alpha value is -5.07. The van der Waals surface area contributed by atoms with Crippen molar-refractivity contribution in [1.82, 2.24) is 24.1 Å². The fourth-order valence-electron chi connectivity index (χ4n) is 5.92. The molecule has 39 heavy (non-hydrogen) atoms. The van der Waals surface area contributed by atoms with Crippen LogP contribution in [0, 0.1) is 0 Å². The third-order valence-corrected chi connectivity index (χ3v) is 8.78. The summed E-state index contributed by atoms with van der Waals surface area (Å²) in [6.07, 6.45) is 1.84. The summed E-state index contributed by atoms with van der Waals surface area (Å²) < 4.78 is 6.96. The number of aromatic nitrogens is 5. The quantitative estimate of drug-likeness (QED) is 0.231. The number of pyridine rings is 1. The van der Waals surface area contributed by atoms with Crippen molar-refractivity contribution in [3.05, 3.63) is 115 Å². The summed E-state index contributed by atoms with van der Waals surface area (Å²) in [6.45, 7) is 0. The van der Waals surface area contributed by atoms with Crippen LogP contribution in [0.5, 0.6) is 0 Å². The van der Waals surface area contributed by atoms with Gasteiger partial charge in [0.15, 0.2) is 11.3 Å². The molecule has 0 saturated carbocycles. The van der Waals surface area contributed by atoms with Gasteiger partial charge in [0, 0.05) is 32.7 Å². The number of rotatable bonds is 2. The molecule has 5 heterocycles. The maximum Gasteiger partial charge on any atom is 0.168 e. The number of thiophene rings is 1. The molecule has 0 aliphatic carbocycles. The standard InChI is InChI=1S/C33H19N5S/c1-2-10-20(11-3-1)37-24-15-6-4-13-23(24)28-32(37)36-33-30(35-28)29-25(17-9-19-34-29)38(33)26-16-8-14-22-21-12-5-7-18-27(21)39-31(22)26/h1-19H.